The molecule has 104 valence electrons. The van der Waals surface area contributed by atoms with Crippen LogP contribution in [0, 0.1) is 0 Å². The highest BCUT2D eigenvalue weighted by molar-refractivity contribution is 9.10. The second kappa shape index (κ2) is 5.68. The predicted molar refractivity (Wildman–Crippen MR) is 86.2 cm³/mol. The summed E-state index contributed by atoms with van der Waals surface area (Å²) < 4.78 is 7.85. The van der Waals surface area contributed by atoms with E-state index in [1.165, 1.54) is 0 Å². The van der Waals surface area contributed by atoms with Crippen molar-refractivity contribution in [2.45, 2.75) is 18.6 Å². The first-order chi connectivity index (χ1) is 9.54. The Morgan fingerprint density at radius 2 is 1.85 bits per heavy atom. The molecule has 2 unspecified atom stereocenters. The second-order valence-corrected chi connectivity index (χ2v) is 6.91. The van der Waals surface area contributed by atoms with E-state index in [2.05, 4.69) is 31.9 Å². The van der Waals surface area contributed by atoms with Crippen molar-refractivity contribution in [3.63, 3.8) is 0 Å². The minimum atomic E-state index is -0.528. The minimum Gasteiger partial charge on any atom is -0.485 e. The van der Waals surface area contributed by atoms with Crippen LogP contribution in [0.2, 0.25) is 5.02 Å². The molecule has 3 rings (SSSR count). The van der Waals surface area contributed by atoms with E-state index in [9.17, 15) is 5.11 Å². The van der Waals surface area contributed by atoms with Crippen molar-refractivity contribution >= 4 is 43.5 Å². The van der Waals surface area contributed by atoms with Crippen LogP contribution in [0.25, 0.3) is 0 Å². The van der Waals surface area contributed by atoms with Crippen LogP contribution < -0.4 is 4.74 Å². The predicted octanol–water partition coefficient (Wildman–Crippen LogP) is 5.42. The van der Waals surface area contributed by atoms with E-state index in [1.54, 1.807) is 0 Å². The Labute approximate surface area is 139 Å². The van der Waals surface area contributed by atoms with Gasteiger partial charge in [-0.05, 0) is 24.3 Å². The third kappa shape index (κ3) is 2.75. The summed E-state index contributed by atoms with van der Waals surface area (Å²) in [6, 6.07) is 11.3. The van der Waals surface area contributed by atoms with Crippen LogP contribution in [0.1, 0.15) is 29.8 Å². The van der Waals surface area contributed by atoms with Gasteiger partial charge in [0, 0.05) is 31.5 Å². The fourth-order valence-corrected chi connectivity index (χ4v) is 3.65. The van der Waals surface area contributed by atoms with Crippen LogP contribution in [0.15, 0.2) is 45.3 Å². The average Bonchev–Trinajstić information content (AvgIpc) is 2.37. The Balaban J connectivity index is 1.98. The Kier molecular flexibility index (Phi) is 4.09. The van der Waals surface area contributed by atoms with E-state index >= 15 is 0 Å². The van der Waals surface area contributed by atoms with Crippen LogP contribution >= 0.6 is 43.5 Å². The molecule has 0 aromatic heterocycles. The van der Waals surface area contributed by atoms with Crippen LogP contribution in [-0.2, 0) is 0 Å². The molecule has 2 aromatic carbocycles. The smallest absolute Gasteiger partial charge is 0.128 e. The maximum atomic E-state index is 10.3. The molecule has 1 N–H and O–H groups in total. The number of hydrogen-bond donors (Lipinski definition) is 1. The Bertz CT molecular complexity index is 660. The molecule has 0 saturated heterocycles. The first kappa shape index (κ1) is 14.4. The van der Waals surface area contributed by atoms with Crippen molar-refractivity contribution in [1.82, 2.24) is 0 Å². The van der Waals surface area contributed by atoms with Gasteiger partial charge in [-0.25, -0.2) is 0 Å². The van der Waals surface area contributed by atoms with E-state index in [1.807, 2.05) is 36.4 Å². The molecule has 0 saturated carbocycles. The highest BCUT2D eigenvalue weighted by atomic mass is 79.9. The normalized spacial score (nSPS) is 21.2. The monoisotopic (exact) mass is 416 g/mol. The zero-order valence-corrected chi connectivity index (χ0v) is 14.2. The number of hydrogen-bond acceptors (Lipinski definition) is 2. The van der Waals surface area contributed by atoms with Gasteiger partial charge in [0.1, 0.15) is 11.9 Å². The van der Waals surface area contributed by atoms with Gasteiger partial charge in [0.25, 0.3) is 0 Å². The standard InChI is InChI=1S/C15H11Br2ClO2/c16-8-1-3-11-13(19)7-15(20-14(11)5-8)10-4-2-9(18)6-12(10)17/h1-6,13,15,19H,7H2. The number of aliphatic hydroxyl groups excluding tert-OH is 1. The molecular weight excluding hydrogens is 407 g/mol. The molecule has 0 radical (unpaired) electrons. The lowest BCUT2D eigenvalue weighted by Crippen LogP contribution is -2.19. The molecular formula is C15H11Br2ClO2. The molecule has 0 spiro atoms. The molecule has 0 aliphatic carbocycles. The molecule has 0 fully saturated rings. The summed E-state index contributed by atoms with van der Waals surface area (Å²) in [5.41, 5.74) is 1.81. The van der Waals surface area contributed by atoms with E-state index in [4.69, 9.17) is 16.3 Å². The molecule has 0 bridgehead atoms. The molecule has 5 heteroatoms. The van der Waals surface area contributed by atoms with Crippen molar-refractivity contribution in [3.05, 3.63) is 61.5 Å². The summed E-state index contributed by atoms with van der Waals surface area (Å²) in [6.45, 7) is 0. The quantitative estimate of drug-likeness (QED) is 0.670. The summed E-state index contributed by atoms with van der Waals surface area (Å²) in [4.78, 5) is 0. The SMILES string of the molecule is OC1CC(c2ccc(Cl)cc2Br)Oc2cc(Br)ccc21. The number of halogens is 3. The van der Waals surface area contributed by atoms with Crippen molar-refractivity contribution < 1.29 is 9.84 Å². The first-order valence-corrected chi connectivity index (χ1v) is 8.10. The van der Waals surface area contributed by atoms with Crippen LogP contribution in [-0.4, -0.2) is 5.11 Å². The number of fused-ring (bicyclic) bond motifs is 1. The summed E-state index contributed by atoms with van der Waals surface area (Å²) in [5.74, 6) is 0.713. The molecule has 0 amide bonds. The molecule has 2 atom stereocenters. The van der Waals surface area contributed by atoms with Crippen molar-refractivity contribution in [2.24, 2.45) is 0 Å². The van der Waals surface area contributed by atoms with Crippen molar-refractivity contribution in [1.29, 1.82) is 0 Å². The van der Waals surface area contributed by atoms with Gasteiger partial charge in [-0.3, -0.25) is 0 Å². The zero-order chi connectivity index (χ0) is 14.3. The fraction of sp³-hybridized carbons (Fsp3) is 0.200. The van der Waals surface area contributed by atoms with Gasteiger partial charge in [0.2, 0.25) is 0 Å². The molecule has 1 aliphatic heterocycles. The van der Waals surface area contributed by atoms with E-state index in [0.717, 1.165) is 20.1 Å². The second-order valence-electron chi connectivity index (χ2n) is 4.71. The van der Waals surface area contributed by atoms with Gasteiger partial charge >= 0.3 is 0 Å². The lowest BCUT2D eigenvalue weighted by molar-refractivity contribution is 0.0653. The minimum absolute atomic E-state index is 0.196. The summed E-state index contributed by atoms with van der Waals surface area (Å²) in [6.07, 6.45) is -0.202. The maximum absolute atomic E-state index is 10.3. The Hall–Kier alpha value is -0.550. The lowest BCUT2D eigenvalue weighted by Gasteiger charge is -2.30. The van der Waals surface area contributed by atoms with Gasteiger partial charge in [-0.1, -0.05) is 55.6 Å². The maximum Gasteiger partial charge on any atom is 0.128 e. The number of benzene rings is 2. The highest BCUT2D eigenvalue weighted by Crippen LogP contribution is 2.43. The largest absolute Gasteiger partial charge is 0.485 e. The van der Waals surface area contributed by atoms with Crippen LogP contribution in [0.5, 0.6) is 5.75 Å². The van der Waals surface area contributed by atoms with Gasteiger partial charge in [-0.2, -0.15) is 0 Å². The van der Waals surface area contributed by atoms with Gasteiger partial charge in [-0.15, -0.1) is 0 Å². The Morgan fingerprint density at radius 3 is 2.60 bits per heavy atom. The third-order valence-electron chi connectivity index (χ3n) is 3.35. The number of aliphatic hydroxyl groups is 1. The summed E-state index contributed by atoms with van der Waals surface area (Å²) >= 11 is 12.9. The van der Waals surface area contributed by atoms with Crippen LogP contribution in [0.3, 0.4) is 0 Å². The summed E-state index contributed by atoms with van der Waals surface area (Å²) in [7, 11) is 0. The topological polar surface area (TPSA) is 29.5 Å². The zero-order valence-electron chi connectivity index (χ0n) is 10.3. The van der Waals surface area contributed by atoms with E-state index in [0.29, 0.717) is 17.2 Å². The molecule has 20 heavy (non-hydrogen) atoms. The van der Waals surface area contributed by atoms with Gasteiger partial charge < -0.3 is 9.84 Å². The van der Waals surface area contributed by atoms with E-state index in [-0.39, 0.29) is 6.10 Å². The summed E-state index contributed by atoms with van der Waals surface area (Å²) in [5, 5.41) is 11.0. The highest BCUT2D eigenvalue weighted by Gasteiger charge is 2.29. The molecule has 2 aromatic rings. The lowest BCUT2D eigenvalue weighted by atomic mass is 9.95. The third-order valence-corrected chi connectivity index (χ3v) is 4.77. The van der Waals surface area contributed by atoms with Crippen molar-refractivity contribution in [2.75, 3.05) is 0 Å². The Morgan fingerprint density at radius 1 is 1.10 bits per heavy atom. The van der Waals surface area contributed by atoms with Gasteiger partial charge in [0.05, 0.1) is 6.10 Å². The van der Waals surface area contributed by atoms with E-state index < -0.39 is 6.10 Å². The molecule has 1 heterocycles. The number of ether oxygens (including phenoxy) is 1. The average molecular weight is 419 g/mol. The number of rotatable bonds is 1. The fourth-order valence-electron chi connectivity index (χ4n) is 2.37. The van der Waals surface area contributed by atoms with Crippen LogP contribution in [0.4, 0.5) is 0 Å². The molecule has 1 aliphatic rings. The van der Waals surface area contributed by atoms with Gasteiger partial charge in [0.15, 0.2) is 0 Å². The molecule has 2 nitrogen and oxygen atoms in total. The first-order valence-electron chi connectivity index (χ1n) is 6.13. The van der Waals surface area contributed by atoms with Crippen molar-refractivity contribution in [3.8, 4) is 5.75 Å².